The number of nitrogens with zero attached hydrogens (tertiary/aromatic N) is 5. The van der Waals surface area contributed by atoms with Crippen molar-refractivity contribution in [1.82, 2.24) is 25.0 Å². The van der Waals surface area contributed by atoms with Crippen LogP contribution in [0.3, 0.4) is 0 Å². The van der Waals surface area contributed by atoms with Gasteiger partial charge >= 0.3 is 0 Å². The minimum absolute atomic E-state index is 0.0308. The van der Waals surface area contributed by atoms with E-state index in [0.717, 1.165) is 29.5 Å². The van der Waals surface area contributed by atoms with Crippen molar-refractivity contribution in [2.24, 2.45) is 0 Å². The molecule has 0 N–H and O–H groups in total. The molecule has 0 amide bonds. The second kappa shape index (κ2) is 7.00. The average molecular weight is 355 g/mol. The Hall–Kier alpha value is -2.15. The molecule has 1 aromatic carbocycles. The van der Waals surface area contributed by atoms with E-state index in [0.29, 0.717) is 11.8 Å². The van der Waals surface area contributed by atoms with Gasteiger partial charge in [0.25, 0.3) is 0 Å². The van der Waals surface area contributed by atoms with E-state index in [1.165, 1.54) is 24.8 Å². The van der Waals surface area contributed by atoms with E-state index < -0.39 is 0 Å². The van der Waals surface area contributed by atoms with Crippen LogP contribution >= 0.6 is 11.8 Å². The molecule has 1 aliphatic rings. The Balaban J connectivity index is 1.51. The predicted octanol–water partition coefficient (Wildman–Crippen LogP) is 4.22. The highest BCUT2D eigenvalue weighted by molar-refractivity contribution is 7.99. The maximum Gasteiger partial charge on any atom is 0.247 e. The van der Waals surface area contributed by atoms with Gasteiger partial charge < -0.3 is 8.98 Å². The van der Waals surface area contributed by atoms with Crippen molar-refractivity contribution >= 4 is 11.8 Å². The van der Waals surface area contributed by atoms with Crippen LogP contribution in [0.5, 0.6) is 0 Å². The zero-order valence-corrected chi connectivity index (χ0v) is 15.3. The summed E-state index contributed by atoms with van der Waals surface area (Å²) in [4.78, 5) is 0. The van der Waals surface area contributed by atoms with Crippen molar-refractivity contribution in [1.29, 1.82) is 0 Å². The summed E-state index contributed by atoms with van der Waals surface area (Å²) in [5, 5.41) is 18.1. The van der Waals surface area contributed by atoms with Crippen molar-refractivity contribution in [2.75, 3.05) is 0 Å². The molecule has 130 valence electrons. The summed E-state index contributed by atoms with van der Waals surface area (Å²) >= 11 is 1.63. The highest BCUT2D eigenvalue weighted by Gasteiger charge is 2.21. The normalized spacial score (nSPS) is 15.6. The molecule has 0 fully saturated rings. The summed E-state index contributed by atoms with van der Waals surface area (Å²) in [5.74, 6) is 2.27. The highest BCUT2D eigenvalue weighted by atomic mass is 32.2. The lowest BCUT2D eigenvalue weighted by atomic mass is 10.1. The molecule has 2 aromatic heterocycles. The first-order chi connectivity index (χ1) is 12.2. The Morgan fingerprint density at radius 3 is 2.72 bits per heavy atom. The molecular formula is C18H21N5OS. The van der Waals surface area contributed by atoms with Gasteiger partial charge in [0.1, 0.15) is 5.82 Å². The van der Waals surface area contributed by atoms with Crippen LogP contribution in [0, 0.1) is 6.92 Å². The molecule has 3 aromatic rings. The minimum Gasteiger partial charge on any atom is -0.419 e. The third-order valence-corrected chi connectivity index (χ3v) is 5.51. The van der Waals surface area contributed by atoms with Crippen molar-refractivity contribution in [3.63, 3.8) is 0 Å². The van der Waals surface area contributed by atoms with Gasteiger partial charge in [-0.2, -0.15) is 0 Å². The van der Waals surface area contributed by atoms with Gasteiger partial charge in [0.05, 0.1) is 5.25 Å². The van der Waals surface area contributed by atoms with Crippen molar-refractivity contribution < 1.29 is 4.42 Å². The number of benzene rings is 1. The lowest BCUT2D eigenvalue weighted by molar-refractivity contribution is 0.508. The fourth-order valence-corrected chi connectivity index (χ4v) is 3.89. The van der Waals surface area contributed by atoms with Gasteiger partial charge in [0.15, 0.2) is 5.16 Å². The molecule has 0 aliphatic carbocycles. The van der Waals surface area contributed by atoms with Crippen LogP contribution in [0.1, 0.15) is 48.7 Å². The first-order valence-corrected chi connectivity index (χ1v) is 9.58. The molecular weight excluding hydrogens is 334 g/mol. The fourth-order valence-electron chi connectivity index (χ4n) is 2.97. The van der Waals surface area contributed by atoms with Crippen LogP contribution in [-0.4, -0.2) is 25.0 Å². The number of hydrogen-bond acceptors (Lipinski definition) is 6. The monoisotopic (exact) mass is 355 g/mol. The molecule has 0 saturated heterocycles. The van der Waals surface area contributed by atoms with E-state index >= 15 is 0 Å². The standard InChI is InChI=1S/C18H21N5OS/c1-12-7-9-14(10-8-12)17-21-20-16(24-17)13(2)25-18-22-19-15-6-4-3-5-11-23(15)18/h7-10,13H,3-6,11H2,1-2H3/t13-/m0/s1. The van der Waals surface area contributed by atoms with Gasteiger partial charge in [0, 0.05) is 18.5 Å². The maximum atomic E-state index is 5.89. The highest BCUT2D eigenvalue weighted by Crippen LogP contribution is 2.35. The topological polar surface area (TPSA) is 69.6 Å². The summed E-state index contributed by atoms with van der Waals surface area (Å²) in [7, 11) is 0. The minimum atomic E-state index is 0.0308. The summed E-state index contributed by atoms with van der Waals surface area (Å²) in [6, 6.07) is 8.09. The van der Waals surface area contributed by atoms with Crippen LogP contribution in [0.2, 0.25) is 0 Å². The second-order valence-electron chi connectivity index (χ2n) is 6.43. The number of aryl methyl sites for hydroxylation is 2. The third-order valence-electron chi connectivity index (χ3n) is 4.44. The number of hydrogen-bond donors (Lipinski definition) is 0. The Morgan fingerprint density at radius 2 is 1.88 bits per heavy atom. The van der Waals surface area contributed by atoms with E-state index in [-0.39, 0.29) is 5.25 Å². The number of fused-ring (bicyclic) bond motifs is 1. The van der Waals surface area contributed by atoms with Crippen LogP contribution in [0.15, 0.2) is 33.8 Å². The van der Waals surface area contributed by atoms with E-state index in [1.54, 1.807) is 11.8 Å². The van der Waals surface area contributed by atoms with Crippen LogP contribution < -0.4 is 0 Å². The zero-order valence-electron chi connectivity index (χ0n) is 14.5. The molecule has 1 atom stereocenters. The average Bonchev–Trinajstić information content (AvgIpc) is 3.17. The summed E-state index contributed by atoms with van der Waals surface area (Å²) in [6.07, 6.45) is 4.65. The summed E-state index contributed by atoms with van der Waals surface area (Å²) in [5.41, 5.74) is 2.15. The number of rotatable bonds is 4. The van der Waals surface area contributed by atoms with Gasteiger partial charge in [-0.15, -0.1) is 20.4 Å². The van der Waals surface area contributed by atoms with E-state index in [2.05, 4.69) is 38.8 Å². The second-order valence-corrected chi connectivity index (χ2v) is 7.74. The van der Waals surface area contributed by atoms with Gasteiger partial charge in [-0.1, -0.05) is 35.9 Å². The molecule has 4 rings (SSSR count). The van der Waals surface area contributed by atoms with Crippen LogP contribution in [0.4, 0.5) is 0 Å². The molecule has 1 aliphatic heterocycles. The Morgan fingerprint density at radius 1 is 1.04 bits per heavy atom. The number of aromatic nitrogens is 5. The molecule has 25 heavy (non-hydrogen) atoms. The number of thioether (sulfide) groups is 1. The molecule has 0 bridgehead atoms. The predicted molar refractivity (Wildman–Crippen MR) is 96.3 cm³/mol. The SMILES string of the molecule is Cc1ccc(-c2nnc([C@H](C)Sc3nnc4n3CCCCC4)o2)cc1. The molecule has 0 unspecified atom stereocenters. The Kier molecular flexibility index (Phi) is 4.57. The molecule has 7 heteroatoms. The third kappa shape index (κ3) is 3.46. The van der Waals surface area contributed by atoms with E-state index in [9.17, 15) is 0 Å². The largest absolute Gasteiger partial charge is 0.419 e. The summed E-state index contributed by atoms with van der Waals surface area (Å²) < 4.78 is 8.13. The van der Waals surface area contributed by atoms with Crippen molar-refractivity contribution in [2.45, 2.75) is 56.5 Å². The molecule has 6 nitrogen and oxygen atoms in total. The molecule has 3 heterocycles. The first-order valence-electron chi connectivity index (χ1n) is 8.70. The van der Waals surface area contributed by atoms with Gasteiger partial charge in [0.2, 0.25) is 11.8 Å². The molecule has 0 spiro atoms. The van der Waals surface area contributed by atoms with E-state index in [1.807, 2.05) is 24.3 Å². The molecule has 0 saturated carbocycles. The maximum absolute atomic E-state index is 5.89. The lowest BCUT2D eigenvalue weighted by Gasteiger charge is -2.09. The molecule has 0 radical (unpaired) electrons. The van der Waals surface area contributed by atoms with Gasteiger partial charge in [-0.3, -0.25) is 0 Å². The smallest absolute Gasteiger partial charge is 0.247 e. The fraction of sp³-hybridized carbons (Fsp3) is 0.444. The van der Waals surface area contributed by atoms with Gasteiger partial charge in [-0.25, -0.2) is 0 Å². The van der Waals surface area contributed by atoms with Crippen LogP contribution in [-0.2, 0) is 13.0 Å². The Bertz CT molecular complexity index is 855. The quantitative estimate of drug-likeness (QED) is 0.653. The van der Waals surface area contributed by atoms with Crippen LogP contribution in [0.25, 0.3) is 11.5 Å². The van der Waals surface area contributed by atoms with Crippen molar-refractivity contribution in [3.8, 4) is 11.5 Å². The van der Waals surface area contributed by atoms with E-state index in [4.69, 9.17) is 4.42 Å². The lowest BCUT2D eigenvalue weighted by Crippen LogP contribution is -2.03. The Labute approximate surface area is 151 Å². The first kappa shape index (κ1) is 16.3. The summed E-state index contributed by atoms with van der Waals surface area (Å²) in [6.45, 7) is 5.12. The van der Waals surface area contributed by atoms with Gasteiger partial charge in [-0.05, 0) is 38.8 Å². The zero-order chi connectivity index (χ0) is 17.2. The van der Waals surface area contributed by atoms with Crippen molar-refractivity contribution in [3.05, 3.63) is 41.5 Å².